The van der Waals surface area contributed by atoms with Gasteiger partial charge in [-0.2, -0.15) is 0 Å². The largest absolute Gasteiger partial charge is 0.399 e. The van der Waals surface area contributed by atoms with Crippen LogP contribution in [0.2, 0.25) is 0 Å². The second-order valence-corrected chi connectivity index (χ2v) is 3.71. The summed E-state index contributed by atoms with van der Waals surface area (Å²) in [5, 5.41) is 0. The van der Waals surface area contributed by atoms with Gasteiger partial charge in [0.2, 0.25) is 0 Å². The van der Waals surface area contributed by atoms with Gasteiger partial charge in [-0.25, -0.2) is 4.79 Å². The smallest absolute Gasteiger partial charge is 0.320 e. The molecule has 2 heterocycles. The molecule has 0 spiro atoms. The minimum Gasteiger partial charge on any atom is -0.399 e. The van der Waals surface area contributed by atoms with E-state index in [1.54, 1.807) is 35.2 Å². The van der Waals surface area contributed by atoms with Gasteiger partial charge in [0.05, 0.1) is 12.2 Å². The minimum absolute atomic E-state index is 0.0548. The van der Waals surface area contributed by atoms with E-state index in [0.717, 1.165) is 18.8 Å². The Labute approximate surface area is 88.5 Å². The number of nitrogen functional groups attached to an aromatic ring is 1. The lowest BCUT2D eigenvalue weighted by molar-refractivity contribution is 0.196. The van der Waals surface area contributed by atoms with E-state index in [-0.39, 0.29) is 6.03 Å². The maximum atomic E-state index is 11.6. The number of likely N-dealkylation sites (N-methyl/N-ethyl adjacent to an activating group) is 1. The molecule has 2 N–H and O–H groups in total. The molecule has 15 heavy (non-hydrogen) atoms. The van der Waals surface area contributed by atoms with Crippen LogP contribution in [0.1, 0.15) is 5.69 Å². The summed E-state index contributed by atoms with van der Waals surface area (Å²) in [7, 11) is 1.80. The standard InChI is InChI=1S/C10H14N4O/c1-13-4-5-14(10(13)15)7-9-6-8(11)2-3-12-9/h2-3,6H,4-5,7H2,1H3,(H2,11,12). The molecule has 0 bridgehead atoms. The van der Waals surface area contributed by atoms with Crippen LogP contribution < -0.4 is 5.73 Å². The average molecular weight is 206 g/mol. The van der Waals surface area contributed by atoms with Gasteiger partial charge in [-0.15, -0.1) is 0 Å². The van der Waals surface area contributed by atoms with Gasteiger partial charge in [0.1, 0.15) is 0 Å². The molecule has 0 radical (unpaired) electrons. The second kappa shape index (κ2) is 3.76. The van der Waals surface area contributed by atoms with Crippen LogP contribution in [0, 0.1) is 0 Å². The van der Waals surface area contributed by atoms with Gasteiger partial charge < -0.3 is 15.5 Å². The molecule has 1 aliphatic heterocycles. The van der Waals surface area contributed by atoms with Crippen molar-refractivity contribution in [2.45, 2.75) is 6.54 Å². The molecule has 1 aliphatic rings. The van der Waals surface area contributed by atoms with E-state index in [1.165, 1.54) is 0 Å². The first kappa shape index (κ1) is 9.76. The van der Waals surface area contributed by atoms with Crippen molar-refractivity contribution in [3.63, 3.8) is 0 Å². The Bertz CT molecular complexity index is 379. The summed E-state index contributed by atoms with van der Waals surface area (Å²) in [6.45, 7) is 2.07. The van der Waals surface area contributed by atoms with Gasteiger partial charge in [-0.05, 0) is 12.1 Å². The van der Waals surface area contributed by atoms with Crippen LogP contribution in [-0.4, -0.2) is 41.0 Å². The van der Waals surface area contributed by atoms with Crippen LogP contribution in [0.3, 0.4) is 0 Å². The summed E-state index contributed by atoms with van der Waals surface area (Å²) < 4.78 is 0. The quantitative estimate of drug-likeness (QED) is 0.767. The molecular weight excluding hydrogens is 192 g/mol. The molecule has 0 saturated carbocycles. The minimum atomic E-state index is 0.0548. The SMILES string of the molecule is CN1CCN(Cc2cc(N)ccn2)C1=O. The van der Waals surface area contributed by atoms with Gasteiger partial charge in [-0.3, -0.25) is 4.98 Å². The van der Waals surface area contributed by atoms with E-state index in [4.69, 9.17) is 5.73 Å². The fourth-order valence-electron chi connectivity index (χ4n) is 1.63. The predicted molar refractivity (Wildman–Crippen MR) is 57.1 cm³/mol. The van der Waals surface area contributed by atoms with Crippen molar-refractivity contribution in [1.29, 1.82) is 0 Å². The van der Waals surface area contributed by atoms with Gasteiger partial charge in [0.25, 0.3) is 0 Å². The summed E-state index contributed by atoms with van der Waals surface area (Å²) in [6, 6.07) is 3.59. The molecule has 5 nitrogen and oxygen atoms in total. The molecule has 0 atom stereocenters. The maximum Gasteiger partial charge on any atom is 0.320 e. The Morgan fingerprint density at radius 1 is 1.53 bits per heavy atom. The molecule has 1 fully saturated rings. The Morgan fingerprint density at radius 3 is 2.93 bits per heavy atom. The number of carbonyl (C=O) groups is 1. The number of nitrogens with zero attached hydrogens (tertiary/aromatic N) is 3. The fourth-order valence-corrected chi connectivity index (χ4v) is 1.63. The number of urea groups is 1. The molecule has 80 valence electrons. The number of amides is 2. The number of nitrogens with two attached hydrogens (primary N) is 1. The first-order chi connectivity index (χ1) is 7.16. The molecule has 1 saturated heterocycles. The zero-order valence-electron chi connectivity index (χ0n) is 8.68. The van der Waals surface area contributed by atoms with E-state index < -0.39 is 0 Å². The van der Waals surface area contributed by atoms with E-state index in [0.29, 0.717) is 12.2 Å². The van der Waals surface area contributed by atoms with Crippen molar-refractivity contribution in [2.75, 3.05) is 25.9 Å². The fraction of sp³-hybridized carbons (Fsp3) is 0.400. The average Bonchev–Trinajstić information content (AvgIpc) is 2.50. The Morgan fingerprint density at radius 2 is 2.33 bits per heavy atom. The highest BCUT2D eigenvalue weighted by Gasteiger charge is 2.25. The van der Waals surface area contributed by atoms with Gasteiger partial charge in [0.15, 0.2) is 0 Å². The van der Waals surface area contributed by atoms with E-state index >= 15 is 0 Å². The topological polar surface area (TPSA) is 62.5 Å². The molecule has 0 aliphatic carbocycles. The van der Waals surface area contributed by atoms with Crippen LogP contribution in [0.4, 0.5) is 10.5 Å². The Balaban J connectivity index is 2.06. The normalized spacial score (nSPS) is 16.2. The van der Waals surface area contributed by atoms with Crippen LogP contribution in [-0.2, 0) is 6.54 Å². The molecule has 1 aromatic heterocycles. The monoisotopic (exact) mass is 206 g/mol. The molecule has 1 aromatic rings. The second-order valence-electron chi connectivity index (χ2n) is 3.71. The molecule has 5 heteroatoms. The van der Waals surface area contributed by atoms with Crippen molar-refractivity contribution in [2.24, 2.45) is 0 Å². The lowest BCUT2D eigenvalue weighted by Crippen LogP contribution is -2.29. The van der Waals surface area contributed by atoms with E-state index in [1.807, 2.05) is 0 Å². The number of carbonyl (C=O) groups excluding carboxylic acids is 1. The third-order valence-corrected chi connectivity index (χ3v) is 2.50. The predicted octanol–water partition coefficient (Wildman–Crippen LogP) is 0.531. The molecule has 2 amide bonds. The summed E-state index contributed by atoms with van der Waals surface area (Å²) in [5.41, 5.74) is 7.15. The molecule has 0 unspecified atom stereocenters. The van der Waals surface area contributed by atoms with Gasteiger partial charge in [-0.1, -0.05) is 0 Å². The number of hydrogen-bond donors (Lipinski definition) is 1. The number of hydrogen-bond acceptors (Lipinski definition) is 3. The molecule has 0 aromatic carbocycles. The highest BCUT2D eigenvalue weighted by Crippen LogP contribution is 2.11. The number of pyridine rings is 1. The number of rotatable bonds is 2. The first-order valence-corrected chi connectivity index (χ1v) is 4.87. The van der Waals surface area contributed by atoms with E-state index in [2.05, 4.69) is 4.98 Å². The van der Waals surface area contributed by atoms with Crippen molar-refractivity contribution in [3.8, 4) is 0 Å². The zero-order valence-corrected chi connectivity index (χ0v) is 8.68. The lowest BCUT2D eigenvalue weighted by Gasteiger charge is -2.15. The summed E-state index contributed by atoms with van der Waals surface area (Å²) in [5.74, 6) is 0. The zero-order chi connectivity index (χ0) is 10.8. The summed E-state index contributed by atoms with van der Waals surface area (Å²) in [4.78, 5) is 19.2. The third-order valence-electron chi connectivity index (χ3n) is 2.50. The van der Waals surface area contributed by atoms with Crippen LogP contribution in [0.25, 0.3) is 0 Å². The maximum absolute atomic E-state index is 11.6. The number of aromatic nitrogens is 1. The van der Waals surface area contributed by atoms with Gasteiger partial charge >= 0.3 is 6.03 Å². The van der Waals surface area contributed by atoms with Crippen molar-refractivity contribution in [1.82, 2.24) is 14.8 Å². The van der Waals surface area contributed by atoms with Crippen molar-refractivity contribution in [3.05, 3.63) is 24.0 Å². The molecular formula is C10H14N4O. The van der Waals surface area contributed by atoms with E-state index in [9.17, 15) is 4.79 Å². The lowest BCUT2D eigenvalue weighted by atomic mass is 10.3. The highest BCUT2D eigenvalue weighted by molar-refractivity contribution is 5.76. The van der Waals surface area contributed by atoms with Crippen molar-refractivity contribution >= 4 is 11.7 Å². The molecule has 2 rings (SSSR count). The number of anilines is 1. The summed E-state index contributed by atoms with van der Waals surface area (Å²) in [6.07, 6.45) is 1.66. The van der Waals surface area contributed by atoms with Crippen molar-refractivity contribution < 1.29 is 4.79 Å². The third kappa shape index (κ3) is 2.01. The van der Waals surface area contributed by atoms with Crippen LogP contribution >= 0.6 is 0 Å². The van der Waals surface area contributed by atoms with Crippen LogP contribution in [0.15, 0.2) is 18.3 Å². The Hall–Kier alpha value is -1.78. The van der Waals surface area contributed by atoms with Gasteiger partial charge in [0, 0.05) is 32.0 Å². The first-order valence-electron chi connectivity index (χ1n) is 4.87. The summed E-state index contributed by atoms with van der Waals surface area (Å²) >= 11 is 0. The highest BCUT2D eigenvalue weighted by atomic mass is 16.2. The Kier molecular flexibility index (Phi) is 2.45. The van der Waals surface area contributed by atoms with Crippen LogP contribution in [0.5, 0.6) is 0 Å².